The van der Waals surface area contributed by atoms with Gasteiger partial charge in [-0.15, -0.1) is 0 Å². The Balaban J connectivity index is 2.25. The summed E-state index contributed by atoms with van der Waals surface area (Å²) in [6.07, 6.45) is 1.25. The second-order valence-electron chi connectivity index (χ2n) is 2.70. The molecule has 0 bridgehead atoms. The minimum absolute atomic E-state index is 0.192. The predicted molar refractivity (Wildman–Crippen MR) is 56.3 cm³/mol. The Labute approximate surface area is 91.1 Å². The lowest BCUT2D eigenvalue weighted by atomic mass is 10.5. The van der Waals surface area contributed by atoms with Crippen molar-refractivity contribution in [3.63, 3.8) is 0 Å². The van der Waals surface area contributed by atoms with E-state index in [-0.39, 0.29) is 30.0 Å². The minimum Gasteiger partial charge on any atom is -0.336 e. The van der Waals surface area contributed by atoms with Gasteiger partial charge in [0.15, 0.2) is 0 Å². The van der Waals surface area contributed by atoms with Gasteiger partial charge in [-0.2, -0.15) is 0 Å². The highest BCUT2D eigenvalue weighted by Crippen LogP contribution is 2.17. The highest BCUT2D eigenvalue weighted by atomic mass is 32.2. The summed E-state index contributed by atoms with van der Waals surface area (Å²) >= 11 is 0.976. The zero-order chi connectivity index (χ0) is 11.3. The Bertz CT molecular complexity index is 290. The molecule has 0 saturated carbocycles. The van der Waals surface area contributed by atoms with Crippen LogP contribution in [0.4, 0.5) is 9.59 Å². The molecule has 82 valence electrons. The number of imide groups is 1. The topological polar surface area (TPSA) is 78.5 Å². The molecule has 15 heavy (non-hydrogen) atoms. The summed E-state index contributed by atoms with van der Waals surface area (Å²) in [6, 6.07) is -0.406. The first kappa shape index (κ1) is 11.6. The van der Waals surface area contributed by atoms with E-state index in [9.17, 15) is 14.4 Å². The number of hydrogen-bond acceptors (Lipinski definition) is 4. The summed E-state index contributed by atoms with van der Waals surface area (Å²) in [5, 5.41) is 4.53. The van der Waals surface area contributed by atoms with Crippen molar-refractivity contribution >= 4 is 28.9 Å². The van der Waals surface area contributed by atoms with Gasteiger partial charge >= 0.3 is 6.03 Å². The van der Waals surface area contributed by atoms with Gasteiger partial charge < -0.3 is 10.6 Å². The van der Waals surface area contributed by atoms with E-state index in [1.54, 1.807) is 0 Å². The zero-order valence-corrected chi connectivity index (χ0v) is 8.80. The van der Waals surface area contributed by atoms with Crippen molar-refractivity contribution in [2.24, 2.45) is 0 Å². The van der Waals surface area contributed by atoms with Crippen molar-refractivity contribution in [3.05, 3.63) is 12.8 Å². The average Bonchev–Trinajstić information content (AvgIpc) is 2.49. The van der Waals surface area contributed by atoms with Gasteiger partial charge in [0, 0.05) is 13.1 Å². The van der Waals surface area contributed by atoms with E-state index in [1.807, 2.05) is 0 Å². The van der Waals surface area contributed by atoms with Gasteiger partial charge in [0.05, 0.1) is 5.75 Å². The lowest BCUT2D eigenvalue weighted by molar-refractivity contribution is -0.124. The highest BCUT2D eigenvalue weighted by molar-refractivity contribution is 8.14. The van der Waals surface area contributed by atoms with Crippen LogP contribution in [0.2, 0.25) is 0 Å². The Kier molecular flexibility index (Phi) is 4.17. The fourth-order valence-corrected chi connectivity index (χ4v) is 1.77. The summed E-state index contributed by atoms with van der Waals surface area (Å²) in [4.78, 5) is 34.3. The number of carbonyl (C=O) groups is 3. The Morgan fingerprint density at radius 1 is 1.60 bits per heavy atom. The molecule has 0 aromatic carbocycles. The molecule has 0 unspecified atom stereocenters. The van der Waals surface area contributed by atoms with Gasteiger partial charge in [-0.3, -0.25) is 14.5 Å². The number of thioether (sulfide) groups is 1. The summed E-state index contributed by atoms with van der Waals surface area (Å²) in [5.41, 5.74) is 0. The van der Waals surface area contributed by atoms with Crippen LogP contribution in [0.5, 0.6) is 0 Å². The molecule has 1 saturated heterocycles. The lowest BCUT2D eigenvalue weighted by Crippen LogP contribution is -2.40. The molecule has 0 aromatic rings. The minimum atomic E-state index is -0.406. The fourth-order valence-electron chi connectivity index (χ4n) is 1.02. The standard InChI is InChI=1S/C8H11N3O3S/c1-2-9-7(13)10-3-4-11-6(12)5-15-8(11)14/h2H,1,3-5H2,(H2,9,10,13). The third-order valence-electron chi connectivity index (χ3n) is 1.69. The molecule has 0 radical (unpaired) electrons. The molecule has 0 atom stereocenters. The van der Waals surface area contributed by atoms with Crippen molar-refractivity contribution in [2.45, 2.75) is 0 Å². The Hall–Kier alpha value is -1.50. The number of nitrogens with one attached hydrogen (secondary N) is 2. The van der Waals surface area contributed by atoms with Crippen LogP contribution < -0.4 is 10.6 Å². The molecule has 1 rings (SSSR count). The van der Waals surface area contributed by atoms with Crippen LogP contribution in [-0.2, 0) is 4.79 Å². The van der Waals surface area contributed by atoms with Crippen molar-refractivity contribution in [3.8, 4) is 0 Å². The summed E-state index contributed by atoms with van der Waals surface area (Å²) in [6.45, 7) is 3.75. The largest absolute Gasteiger partial charge is 0.336 e. The molecular formula is C8H11N3O3S. The Morgan fingerprint density at radius 3 is 2.87 bits per heavy atom. The molecule has 1 heterocycles. The normalized spacial score (nSPS) is 15.3. The van der Waals surface area contributed by atoms with E-state index in [0.29, 0.717) is 0 Å². The summed E-state index contributed by atoms with van der Waals surface area (Å²) in [5.74, 6) is -0.0200. The molecule has 0 aliphatic carbocycles. The first-order valence-electron chi connectivity index (χ1n) is 4.27. The predicted octanol–water partition coefficient (Wildman–Crippen LogP) is 0.125. The highest BCUT2D eigenvalue weighted by Gasteiger charge is 2.29. The van der Waals surface area contributed by atoms with Crippen LogP contribution in [0.3, 0.4) is 0 Å². The maximum atomic E-state index is 11.1. The fraction of sp³-hybridized carbons (Fsp3) is 0.375. The number of urea groups is 1. The molecule has 0 spiro atoms. The first-order valence-corrected chi connectivity index (χ1v) is 5.26. The van der Waals surface area contributed by atoms with E-state index in [4.69, 9.17) is 0 Å². The SMILES string of the molecule is C=CNC(=O)NCCN1C(=O)CSC1=O. The van der Waals surface area contributed by atoms with Crippen molar-refractivity contribution in [2.75, 3.05) is 18.8 Å². The van der Waals surface area contributed by atoms with E-state index in [2.05, 4.69) is 17.2 Å². The van der Waals surface area contributed by atoms with Crippen molar-refractivity contribution < 1.29 is 14.4 Å². The van der Waals surface area contributed by atoms with Gasteiger partial charge in [0.25, 0.3) is 5.24 Å². The summed E-state index contributed by atoms with van der Waals surface area (Å²) in [7, 11) is 0. The van der Waals surface area contributed by atoms with Crippen LogP contribution in [0, 0.1) is 0 Å². The number of amides is 4. The molecule has 7 heteroatoms. The maximum absolute atomic E-state index is 11.1. The van der Waals surface area contributed by atoms with Crippen molar-refractivity contribution in [1.82, 2.24) is 15.5 Å². The van der Waals surface area contributed by atoms with Crippen molar-refractivity contribution in [1.29, 1.82) is 0 Å². The van der Waals surface area contributed by atoms with Gasteiger partial charge in [-0.1, -0.05) is 18.3 Å². The number of rotatable bonds is 4. The van der Waals surface area contributed by atoms with Gasteiger partial charge in [0.2, 0.25) is 5.91 Å². The maximum Gasteiger partial charge on any atom is 0.318 e. The number of nitrogens with zero attached hydrogens (tertiary/aromatic N) is 1. The average molecular weight is 229 g/mol. The third-order valence-corrected chi connectivity index (χ3v) is 2.55. The number of hydrogen-bond donors (Lipinski definition) is 2. The van der Waals surface area contributed by atoms with Gasteiger partial charge in [-0.25, -0.2) is 4.79 Å². The van der Waals surface area contributed by atoms with Crippen LogP contribution >= 0.6 is 11.8 Å². The molecule has 0 aromatic heterocycles. The molecule has 2 N–H and O–H groups in total. The molecule has 1 fully saturated rings. The smallest absolute Gasteiger partial charge is 0.318 e. The second kappa shape index (κ2) is 5.40. The Morgan fingerprint density at radius 2 is 2.33 bits per heavy atom. The number of carbonyl (C=O) groups excluding carboxylic acids is 3. The van der Waals surface area contributed by atoms with E-state index in [0.717, 1.165) is 16.7 Å². The van der Waals surface area contributed by atoms with E-state index < -0.39 is 6.03 Å². The third kappa shape index (κ3) is 3.28. The van der Waals surface area contributed by atoms with Gasteiger partial charge in [0.1, 0.15) is 0 Å². The first-order chi connectivity index (χ1) is 7.15. The molecular weight excluding hydrogens is 218 g/mol. The monoisotopic (exact) mass is 229 g/mol. The zero-order valence-electron chi connectivity index (χ0n) is 7.99. The van der Waals surface area contributed by atoms with Crippen LogP contribution in [-0.4, -0.2) is 40.9 Å². The molecule has 4 amide bonds. The summed E-state index contributed by atoms with van der Waals surface area (Å²) < 4.78 is 0. The molecule has 1 aliphatic rings. The molecule has 6 nitrogen and oxygen atoms in total. The second-order valence-corrected chi connectivity index (χ2v) is 3.63. The van der Waals surface area contributed by atoms with Crippen LogP contribution in [0.25, 0.3) is 0 Å². The lowest BCUT2D eigenvalue weighted by Gasteiger charge is -2.12. The van der Waals surface area contributed by atoms with Crippen LogP contribution in [0.1, 0.15) is 0 Å². The van der Waals surface area contributed by atoms with Gasteiger partial charge in [-0.05, 0) is 6.20 Å². The van der Waals surface area contributed by atoms with E-state index in [1.165, 1.54) is 6.20 Å². The molecule has 1 aliphatic heterocycles. The quantitative estimate of drug-likeness (QED) is 0.718. The van der Waals surface area contributed by atoms with E-state index >= 15 is 0 Å². The van der Waals surface area contributed by atoms with Crippen LogP contribution in [0.15, 0.2) is 12.8 Å².